The number of sulfonamides is 1. The normalized spacial score (nSPS) is 12.5. The topological polar surface area (TPSA) is 80.6 Å². The Labute approximate surface area is 120 Å². The highest BCUT2D eigenvalue weighted by atomic mass is 32.2. The zero-order chi connectivity index (χ0) is 15.2. The van der Waals surface area contributed by atoms with Crippen LogP contribution in [0, 0.1) is 0 Å². The molecule has 0 unspecified atom stereocenters. The second-order valence-electron chi connectivity index (χ2n) is 5.07. The Bertz CT molecular complexity index is 494. The maximum absolute atomic E-state index is 11.9. The van der Waals surface area contributed by atoms with Gasteiger partial charge in [-0.05, 0) is 26.0 Å². The summed E-state index contributed by atoms with van der Waals surface area (Å²) in [6.07, 6.45) is 0.0804. The molecule has 1 heterocycles. The monoisotopic (exact) mass is 304 g/mol. The molecule has 0 amide bonds. The summed E-state index contributed by atoms with van der Waals surface area (Å²) in [5, 5.41) is 3.10. The van der Waals surface area contributed by atoms with Gasteiger partial charge in [0.25, 0.3) is 10.0 Å². The molecule has 2 N–H and O–H groups in total. The number of hydrogen-bond acceptors (Lipinski definition) is 5. The number of rotatable bonds is 9. The Morgan fingerprint density at radius 3 is 2.55 bits per heavy atom. The third kappa shape index (κ3) is 6.04. The molecule has 0 fully saturated rings. The maximum atomic E-state index is 11.9. The van der Waals surface area contributed by atoms with E-state index in [1.165, 1.54) is 6.07 Å². The smallest absolute Gasteiger partial charge is 0.274 e. The minimum atomic E-state index is -3.60. The van der Waals surface area contributed by atoms with Gasteiger partial charge in [0, 0.05) is 12.6 Å². The Hall–Kier alpha value is -0.890. The van der Waals surface area contributed by atoms with Gasteiger partial charge < -0.3 is 14.5 Å². The van der Waals surface area contributed by atoms with Crippen LogP contribution in [-0.4, -0.2) is 33.7 Å². The summed E-state index contributed by atoms with van der Waals surface area (Å²) in [7, 11) is -3.60. The molecule has 0 saturated heterocycles. The molecule has 1 aromatic heterocycles. The van der Waals surface area contributed by atoms with E-state index in [1.54, 1.807) is 6.07 Å². The van der Waals surface area contributed by atoms with Gasteiger partial charge in [0.2, 0.25) is 5.09 Å². The molecule has 1 aromatic rings. The predicted molar refractivity (Wildman–Crippen MR) is 77.0 cm³/mol. The second kappa shape index (κ2) is 7.78. The molecule has 6 nitrogen and oxygen atoms in total. The zero-order valence-electron chi connectivity index (χ0n) is 12.5. The fourth-order valence-corrected chi connectivity index (χ4v) is 2.40. The van der Waals surface area contributed by atoms with Crippen LogP contribution in [0.25, 0.3) is 0 Å². The standard InChI is InChI=1S/C13H24N2O4S/c1-10(2)14-9-12-5-6-13(19-12)20(16,17)15-7-8-18-11(3)4/h5-6,10-11,14-15H,7-9H2,1-4H3. The van der Waals surface area contributed by atoms with Gasteiger partial charge >= 0.3 is 0 Å². The van der Waals surface area contributed by atoms with Crippen LogP contribution < -0.4 is 10.0 Å². The highest BCUT2D eigenvalue weighted by molar-refractivity contribution is 7.89. The summed E-state index contributed by atoms with van der Waals surface area (Å²) in [5.41, 5.74) is 0. The van der Waals surface area contributed by atoms with Crippen molar-refractivity contribution in [2.24, 2.45) is 0 Å². The average Bonchev–Trinajstić information content (AvgIpc) is 2.81. The molecule has 0 radical (unpaired) electrons. The Morgan fingerprint density at radius 2 is 1.95 bits per heavy atom. The lowest BCUT2D eigenvalue weighted by Gasteiger charge is -2.08. The summed E-state index contributed by atoms with van der Waals surface area (Å²) in [6.45, 7) is 8.88. The molecule has 0 aliphatic rings. The van der Waals surface area contributed by atoms with Gasteiger partial charge in [-0.1, -0.05) is 13.8 Å². The highest BCUT2D eigenvalue weighted by Gasteiger charge is 2.18. The molecular weight excluding hydrogens is 280 g/mol. The number of hydrogen-bond donors (Lipinski definition) is 2. The summed E-state index contributed by atoms with van der Waals surface area (Å²) in [6, 6.07) is 3.43. The van der Waals surface area contributed by atoms with Crippen molar-refractivity contribution in [1.82, 2.24) is 10.0 Å². The van der Waals surface area contributed by atoms with Gasteiger partial charge in [0.1, 0.15) is 5.76 Å². The van der Waals surface area contributed by atoms with E-state index in [1.807, 2.05) is 27.7 Å². The van der Waals surface area contributed by atoms with Crippen LogP contribution in [0.15, 0.2) is 21.6 Å². The summed E-state index contributed by atoms with van der Waals surface area (Å²) >= 11 is 0. The first kappa shape index (κ1) is 17.2. The first-order valence-electron chi connectivity index (χ1n) is 6.74. The van der Waals surface area contributed by atoms with E-state index in [0.29, 0.717) is 25.0 Å². The van der Waals surface area contributed by atoms with E-state index in [4.69, 9.17) is 9.15 Å². The largest absolute Gasteiger partial charge is 0.447 e. The van der Waals surface area contributed by atoms with E-state index in [-0.39, 0.29) is 17.7 Å². The van der Waals surface area contributed by atoms with Crippen molar-refractivity contribution in [1.29, 1.82) is 0 Å². The maximum Gasteiger partial charge on any atom is 0.274 e. The minimum Gasteiger partial charge on any atom is -0.447 e. The highest BCUT2D eigenvalue weighted by Crippen LogP contribution is 2.13. The van der Waals surface area contributed by atoms with Crippen LogP contribution in [-0.2, 0) is 21.3 Å². The lowest BCUT2D eigenvalue weighted by atomic mass is 10.3. The van der Waals surface area contributed by atoms with Gasteiger partial charge in [-0.15, -0.1) is 0 Å². The zero-order valence-corrected chi connectivity index (χ0v) is 13.3. The van der Waals surface area contributed by atoms with Crippen LogP contribution in [0.1, 0.15) is 33.5 Å². The molecular formula is C13H24N2O4S. The summed E-state index contributed by atoms with van der Waals surface area (Å²) in [4.78, 5) is 0. The average molecular weight is 304 g/mol. The van der Waals surface area contributed by atoms with E-state index >= 15 is 0 Å². The predicted octanol–water partition coefficient (Wildman–Crippen LogP) is 1.48. The summed E-state index contributed by atoms with van der Waals surface area (Å²) < 4.78 is 36.9. The first-order chi connectivity index (χ1) is 9.31. The van der Waals surface area contributed by atoms with Crippen molar-refractivity contribution >= 4 is 10.0 Å². The van der Waals surface area contributed by atoms with Crippen molar-refractivity contribution in [2.75, 3.05) is 13.2 Å². The molecule has 7 heteroatoms. The van der Waals surface area contributed by atoms with E-state index in [2.05, 4.69) is 10.0 Å². The number of nitrogens with one attached hydrogen (secondary N) is 2. The van der Waals surface area contributed by atoms with Gasteiger partial charge in [-0.2, -0.15) is 0 Å². The summed E-state index contributed by atoms with van der Waals surface area (Å²) in [5.74, 6) is 0.595. The van der Waals surface area contributed by atoms with E-state index < -0.39 is 10.0 Å². The minimum absolute atomic E-state index is 0.0670. The molecule has 1 rings (SSSR count). The van der Waals surface area contributed by atoms with E-state index in [9.17, 15) is 8.42 Å². The molecule has 0 aliphatic heterocycles. The second-order valence-corrected chi connectivity index (χ2v) is 6.77. The fraction of sp³-hybridized carbons (Fsp3) is 0.692. The van der Waals surface area contributed by atoms with Crippen LogP contribution in [0.2, 0.25) is 0 Å². The van der Waals surface area contributed by atoms with Crippen LogP contribution in [0.4, 0.5) is 0 Å². The molecule has 20 heavy (non-hydrogen) atoms. The molecule has 0 spiro atoms. The van der Waals surface area contributed by atoms with Gasteiger partial charge in [-0.3, -0.25) is 0 Å². The molecule has 0 atom stereocenters. The van der Waals surface area contributed by atoms with Crippen LogP contribution in [0.5, 0.6) is 0 Å². The molecule has 0 bridgehead atoms. The SMILES string of the molecule is CC(C)NCc1ccc(S(=O)(=O)NCCOC(C)C)o1. The Morgan fingerprint density at radius 1 is 1.25 bits per heavy atom. The third-order valence-corrected chi connectivity index (χ3v) is 3.77. The van der Waals surface area contributed by atoms with Gasteiger partial charge in [-0.25, -0.2) is 13.1 Å². The van der Waals surface area contributed by atoms with Crippen molar-refractivity contribution in [3.05, 3.63) is 17.9 Å². The number of ether oxygens (including phenoxy) is 1. The lowest BCUT2D eigenvalue weighted by Crippen LogP contribution is -2.28. The molecule has 116 valence electrons. The lowest BCUT2D eigenvalue weighted by molar-refractivity contribution is 0.0833. The Kier molecular flexibility index (Phi) is 6.67. The van der Waals surface area contributed by atoms with Crippen molar-refractivity contribution in [3.63, 3.8) is 0 Å². The van der Waals surface area contributed by atoms with Gasteiger partial charge in [0.15, 0.2) is 0 Å². The molecule has 0 saturated carbocycles. The van der Waals surface area contributed by atoms with Crippen molar-refractivity contribution < 1.29 is 17.6 Å². The third-order valence-electron chi connectivity index (χ3n) is 2.43. The van der Waals surface area contributed by atoms with Crippen molar-refractivity contribution in [2.45, 2.75) is 51.5 Å². The first-order valence-corrected chi connectivity index (χ1v) is 8.23. The van der Waals surface area contributed by atoms with Gasteiger partial charge in [0.05, 0.1) is 19.3 Å². The quantitative estimate of drug-likeness (QED) is 0.675. The van der Waals surface area contributed by atoms with E-state index in [0.717, 1.165) is 0 Å². The van der Waals surface area contributed by atoms with Crippen LogP contribution >= 0.6 is 0 Å². The Balaban J connectivity index is 2.51. The van der Waals surface area contributed by atoms with Crippen molar-refractivity contribution in [3.8, 4) is 0 Å². The fourth-order valence-electron chi connectivity index (χ4n) is 1.44. The number of furan rings is 1. The molecule has 0 aliphatic carbocycles. The molecule has 0 aromatic carbocycles. The van der Waals surface area contributed by atoms with Crippen LogP contribution in [0.3, 0.4) is 0 Å².